The molecule has 2 aromatic rings. The van der Waals surface area contributed by atoms with Gasteiger partial charge in [0.05, 0.1) is 13.2 Å². The molecule has 3 nitrogen and oxygen atoms in total. The number of thiophene rings is 1. The average Bonchev–Trinajstić information content (AvgIpc) is 3.04. The van der Waals surface area contributed by atoms with Crippen molar-refractivity contribution in [3.8, 4) is 5.75 Å². The van der Waals surface area contributed by atoms with Gasteiger partial charge in [-0.1, -0.05) is 6.07 Å². The van der Waals surface area contributed by atoms with Gasteiger partial charge < -0.3 is 10.1 Å². The van der Waals surface area contributed by atoms with E-state index in [2.05, 4.69) is 16.3 Å². The van der Waals surface area contributed by atoms with E-state index in [9.17, 15) is 4.39 Å². The number of piperazine rings is 1. The van der Waals surface area contributed by atoms with Crippen molar-refractivity contribution >= 4 is 23.7 Å². The predicted octanol–water partition coefficient (Wildman–Crippen LogP) is 3.31. The molecule has 1 atom stereocenters. The zero-order chi connectivity index (χ0) is 14.7. The summed E-state index contributed by atoms with van der Waals surface area (Å²) in [6.45, 7) is 3.71. The first-order chi connectivity index (χ1) is 10.3. The Labute approximate surface area is 140 Å². The fourth-order valence-corrected chi connectivity index (χ4v) is 3.65. The van der Waals surface area contributed by atoms with Gasteiger partial charge in [0.25, 0.3) is 0 Å². The van der Waals surface area contributed by atoms with Gasteiger partial charge in [-0.3, -0.25) is 4.90 Å². The molecule has 1 aliphatic rings. The molecule has 2 heterocycles. The Hall–Kier alpha value is -1.14. The van der Waals surface area contributed by atoms with Crippen LogP contribution in [0.3, 0.4) is 0 Å². The summed E-state index contributed by atoms with van der Waals surface area (Å²) in [6.07, 6.45) is 0. The minimum Gasteiger partial charge on any atom is -0.497 e. The van der Waals surface area contributed by atoms with Crippen molar-refractivity contribution in [1.29, 1.82) is 0 Å². The molecule has 0 spiro atoms. The molecule has 0 amide bonds. The predicted molar refractivity (Wildman–Crippen MR) is 90.8 cm³/mol. The molecule has 1 aromatic heterocycles. The number of nitrogens with zero attached hydrogens (tertiary/aromatic N) is 1. The molecule has 0 unspecified atom stereocenters. The highest BCUT2D eigenvalue weighted by molar-refractivity contribution is 7.10. The van der Waals surface area contributed by atoms with E-state index in [1.54, 1.807) is 24.5 Å². The quantitative estimate of drug-likeness (QED) is 0.922. The first-order valence-corrected chi connectivity index (χ1v) is 7.99. The van der Waals surface area contributed by atoms with Crippen LogP contribution in [0.4, 0.5) is 4.39 Å². The second-order valence-corrected chi connectivity index (χ2v) is 6.07. The van der Waals surface area contributed by atoms with Crippen LogP contribution < -0.4 is 10.1 Å². The smallest absolute Gasteiger partial charge is 0.128 e. The van der Waals surface area contributed by atoms with Gasteiger partial charge in [-0.2, -0.15) is 0 Å². The van der Waals surface area contributed by atoms with Crippen molar-refractivity contribution in [2.75, 3.05) is 33.3 Å². The Morgan fingerprint density at radius 2 is 2.05 bits per heavy atom. The summed E-state index contributed by atoms with van der Waals surface area (Å²) in [5, 5.41) is 5.39. The van der Waals surface area contributed by atoms with Gasteiger partial charge in [0.2, 0.25) is 0 Å². The van der Waals surface area contributed by atoms with Crippen molar-refractivity contribution in [3.63, 3.8) is 0 Å². The molecule has 1 fully saturated rings. The lowest BCUT2D eigenvalue weighted by Gasteiger charge is -2.35. The maximum absolute atomic E-state index is 14.4. The highest BCUT2D eigenvalue weighted by atomic mass is 35.5. The monoisotopic (exact) mass is 342 g/mol. The van der Waals surface area contributed by atoms with E-state index in [1.165, 1.54) is 10.9 Å². The molecule has 1 aliphatic heterocycles. The molecule has 0 saturated carbocycles. The van der Waals surface area contributed by atoms with Crippen LogP contribution >= 0.6 is 23.7 Å². The number of hydrogen-bond donors (Lipinski definition) is 1. The maximum atomic E-state index is 14.4. The SMILES string of the molecule is COc1ccc(F)c([C@@H](c2cccs2)N2CCNCC2)c1.Cl. The van der Waals surface area contributed by atoms with E-state index in [0.29, 0.717) is 11.3 Å². The van der Waals surface area contributed by atoms with Gasteiger partial charge in [0.1, 0.15) is 11.6 Å². The third kappa shape index (κ3) is 3.60. The van der Waals surface area contributed by atoms with E-state index in [1.807, 2.05) is 17.5 Å². The van der Waals surface area contributed by atoms with E-state index in [-0.39, 0.29) is 24.3 Å². The summed E-state index contributed by atoms with van der Waals surface area (Å²) in [6, 6.07) is 9.05. The van der Waals surface area contributed by atoms with Crippen molar-refractivity contribution < 1.29 is 9.13 Å². The topological polar surface area (TPSA) is 24.5 Å². The fraction of sp³-hybridized carbons (Fsp3) is 0.375. The zero-order valence-corrected chi connectivity index (χ0v) is 14.1. The van der Waals surface area contributed by atoms with Crippen molar-refractivity contribution in [1.82, 2.24) is 10.2 Å². The van der Waals surface area contributed by atoms with Crippen LogP contribution in [0, 0.1) is 5.82 Å². The van der Waals surface area contributed by atoms with Crippen LogP contribution in [0.5, 0.6) is 5.75 Å². The first kappa shape index (κ1) is 17.2. The van der Waals surface area contributed by atoms with E-state index in [0.717, 1.165) is 26.2 Å². The summed E-state index contributed by atoms with van der Waals surface area (Å²) in [5.41, 5.74) is 0.693. The Morgan fingerprint density at radius 1 is 1.27 bits per heavy atom. The zero-order valence-electron chi connectivity index (χ0n) is 12.4. The minimum atomic E-state index is -0.173. The van der Waals surface area contributed by atoms with Crippen molar-refractivity contribution in [3.05, 3.63) is 52.0 Å². The number of hydrogen-bond acceptors (Lipinski definition) is 4. The highest BCUT2D eigenvalue weighted by Gasteiger charge is 2.27. The lowest BCUT2D eigenvalue weighted by atomic mass is 10.0. The number of benzene rings is 1. The number of methoxy groups -OCH3 is 1. The second kappa shape index (κ2) is 7.92. The summed E-state index contributed by atoms with van der Waals surface area (Å²) in [7, 11) is 1.61. The Balaban J connectivity index is 0.00000176. The van der Waals surface area contributed by atoms with Crippen molar-refractivity contribution in [2.24, 2.45) is 0 Å². The molecular weight excluding hydrogens is 323 g/mol. The van der Waals surface area contributed by atoms with Gasteiger partial charge in [-0.05, 0) is 29.6 Å². The van der Waals surface area contributed by atoms with Crippen LogP contribution in [-0.2, 0) is 0 Å². The van der Waals surface area contributed by atoms with Crippen molar-refractivity contribution in [2.45, 2.75) is 6.04 Å². The molecule has 6 heteroatoms. The molecule has 22 heavy (non-hydrogen) atoms. The van der Waals surface area contributed by atoms with E-state index < -0.39 is 0 Å². The van der Waals surface area contributed by atoms with Gasteiger partial charge in [0, 0.05) is 36.6 Å². The number of rotatable bonds is 4. The van der Waals surface area contributed by atoms with Gasteiger partial charge in [-0.25, -0.2) is 4.39 Å². The average molecular weight is 343 g/mol. The molecule has 0 bridgehead atoms. The molecule has 1 N–H and O–H groups in total. The summed E-state index contributed by atoms with van der Waals surface area (Å²) in [5.74, 6) is 0.524. The summed E-state index contributed by atoms with van der Waals surface area (Å²) in [4.78, 5) is 3.50. The third-order valence-electron chi connectivity index (χ3n) is 3.83. The van der Waals surface area contributed by atoms with Crippen LogP contribution in [0.15, 0.2) is 35.7 Å². The lowest BCUT2D eigenvalue weighted by molar-refractivity contribution is 0.197. The largest absolute Gasteiger partial charge is 0.497 e. The molecule has 0 aliphatic carbocycles. The first-order valence-electron chi connectivity index (χ1n) is 7.11. The Bertz CT molecular complexity index is 588. The van der Waals surface area contributed by atoms with Gasteiger partial charge in [0.15, 0.2) is 0 Å². The molecule has 0 radical (unpaired) electrons. The molecule has 1 aromatic carbocycles. The second-order valence-electron chi connectivity index (χ2n) is 5.09. The van der Waals surface area contributed by atoms with Gasteiger partial charge >= 0.3 is 0 Å². The molecular formula is C16H20ClFN2OS. The van der Waals surface area contributed by atoms with E-state index in [4.69, 9.17) is 4.74 Å². The lowest BCUT2D eigenvalue weighted by Crippen LogP contribution is -2.45. The highest BCUT2D eigenvalue weighted by Crippen LogP contribution is 2.35. The Kier molecular flexibility index (Phi) is 6.20. The summed E-state index contributed by atoms with van der Waals surface area (Å²) >= 11 is 1.67. The van der Waals surface area contributed by atoms with Crippen LogP contribution in [-0.4, -0.2) is 38.2 Å². The standard InChI is InChI=1S/C16H19FN2OS.ClH/c1-20-12-4-5-14(17)13(11-12)16(15-3-2-10-21-15)19-8-6-18-7-9-19;/h2-5,10-11,16,18H,6-9H2,1H3;1H/t16-;/m0./s1. The molecule has 1 saturated heterocycles. The van der Waals surface area contributed by atoms with Gasteiger partial charge in [-0.15, -0.1) is 23.7 Å². The molecule has 3 rings (SSSR count). The normalized spacial score (nSPS) is 16.8. The van der Waals surface area contributed by atoms with Crippen LogP contribution in [0.1, 0.15) is 16.5 Å². The number of halogens is 2. The third-order valence-corrected chi connectivity index (χ3v) is 4.75. The van der Waals surface area contributed by atoms with Crippen LogP contribution in [0.25, 0.3) is 0 Å². The number of nitrogens with one attached hydrogen (secondary N) is 1. The van der Waals surface area contributed by atoms with Crippen LogP contribution in [0.2, 0.25) is 0 Å². The van der Waals surface area contributed by atoms with E-state index >= 15 is 0 Å². The minimum absolute atomic E-state index is 0. The summed E-state index contributed by atoms with van der Waals surface area (Å²) < 4.78 is 19.7. The Morgan fingerprint density at radius 3 is 2.68 bits per heavy atom. The maximum Gasteiger partial charge on any atom is 0.128 e. The fourth-order valence-electron chi connectivity index (χ4n) is 2.78. The molecule has 120 valence electrons. The number of ether oxygens (including phenoxy) is 1.